The Balaban J connectivity index is 1.08. The molecule has 15 rings (SSSR count). The second kappa shape index (κ2) is 18.3. The third-order valence-electron chi connectivity index (χ3n) is 15.0. The molecule has 0 bridgehead atoms. The molecule has 1 aliphatic heterocycles. The Morgan fingerprint density at radius 2 is 0.526 bits per heavy atom. The van der Waals surface area contributed by atoms with E-state index in [4.69, 9.17) is 38.7 Å². The first kappa shape index (κ1) is 45.3. The molecule has 10 aromatic carbocycles. The van der Waals surface area contributed by atoms with Gasteiger partial charge in [0.1, 0.15) is 22.3 Å². The minimum atomic E-state index is -3.78. The van der Waals surface area contributed by atoms with Gasteiger partial charge in [-0.2, -0.15) is 19.9 Å². The van der Waals surface area contributed by atoms with Crippen LogP contribution in [-0.2, 0) is 0 Å². The van der Waals surface area contributed by atoms with Crippen LogP contribution >= 0.6 is 0 Å². The Morgan fingerprint density at radius 1 is 0.244 bits per heavy atom. The smallest absolute Gasteiger partial charge is 0.323 e. The van der Waals surface area contributed by atoms with E-state index in [9.17, 15) is 0 Å². The van der Waals surface area contributed by atoms with Crippen LogP contribution < -0.4 is 29.2 Å². The van der Waals surface area contributed by atoms with Crippen molar-refractivity contribution in [3.63, 3.8) is 0 Å². The van der Waals surface area contributed by atoms with Crippen LogP contribution in [0.4, 0.5) is 11.9 Å². The Kier molecular flexibility index (Phi) is 10.6. The van der Waals surface area contributed by atoms with Gasteiger partial charge in [0.05, 0.1) is 0 Å². The number of aromatic nitrogens is 6. The monoisotopic (exact) mass is 1040 g/mol. The number of hydrogen-bond donors (Lipinski definition) is 0. The molecule has 10 nitrogen and oxygen atoms in total. The summed E-state index contributed by atoms with van der Waals surface area (Å²) in [6.45, 7) is 0. The van der Waals surface area contributed by atoms with E-state index in [0.717, 1.165) is 86.9 Å². The number of nitrogens with zero attached hydrogens (tertiary/aromatic N) is 8. The number of rotatable bonds is 10. The fraction of sp³-hybridized carbons (Fsp3) is 0. The third kappa shape index (κ3) is 7.08. The Hall–Kier alpha value is -10.1. The number of fused-ring (bicyclic) bond motifs is 6. The standard InChI is InChI=1S/C66H44N8O2Si2/c1-7-23-45(24-8-1)61-67-63(47-39-41-59-55(43-47)53-35-19-21-37-57(53)75-59)71-65(69-61)73-77(49-27-11-3-12-28-49,50-29-13-4-14-30-50)74(78(73,51-31-15-5-16-32-51)52-33-17-6-18-34-52)66-70-62(46-25-9-2-10-26-46)68-64(72-66)48-40-42-60-56(44-48)54-36-20-22-38-58(54)76-60/h1-44H. The number of benzene rings is 10. The molecule has 1 saturated heterocycles. The Morgan fingerprint density at radius 3 is 0.872 bits per heavy atom. The molecule has 0 amide bonds. The van der Waals surface area contributed by atoms with Crippen LogP contribution in [0, 0.1) is 0 Å². The van der Waals surface area contributed by atoms with Crippen LogP contribution in [0.25, 0.3) is 89.4 Å². The maximum Gasteiger partial charge on any atom is 0.323 e. The lowest BCUT2D eigenvalue weighted by Crippen LogP contribution is -3.08. The van der Waals surface area contributed by atoms with E-state index >= 15 is 0 Å². The van der Waals surface area contributed by atoms with Gasteiger partial charge >= 0.3 is 16.8 Å². The van der Waals surface area contributed by atoms with Gasteiger partial charge in [-0.3, -0.25) is 0 Å². The van der Waals surface area contributed by atoms with Crippen LogP contribution in [0.2, 0.25) is 0 Å². The molecule has 5 heterocycles. The lowest BCUT2D eigenvalue weighted by molar-refractivity contribution is 0.668. The number of hydrogen-bond acceptors (Lipinski definition) is 10. The topological polar surface area (TPSA) is 110 Å². The summed E-state index contributed by atoms with van der Waals surface area (Å²) < 4.78 is 18.0. The van der Waals surface area contributed by atoms with E-state index in [2.05, 4.69) is 190 Å². The number of anilines is 2. The van der Waals surface area contributed by atoms with Gasteiger partial charge in [-0.05, 0) is 69.3 Å². The van der Waals surface area contributed by atoms with Gasteiger partial charge in [0.15, 0.2) is 23.3 Å². The second-order valence-electron chi connectivity index (χ2n) is 19.4. The molecule has 1 fully saturated rings. The van der Waals surface area contributed by atoms with Crippen LogP contribution in [0.1, 0.15) is 0 Å². The molecule has 78 heavy (non-hydrogen) atoms. The van der Waals surface area contributed by atoms with Gasteiger partial charge in [-0.15, -0.1) is 0 Å². The van der Waals surface area contributed by atoms with Crippen LogP contribution in [0.3, 0.4) is 0 Å². The Labute approximate surface area is 450 Å². The summed E-state index contributed by atoms with van der Waals surface area (Å²) in [5.41, 5.74) is 6.63. The van der Waals surface area contributed by atoms with Gasteiger partial charge in [0, 0.05) is 43.8 Å². The van der Waals surface area contributed by atoms with Crippen LogP contribution in [0.15, 0.2) is 276 Å². The molecule has 1 aliphatic rings. The molecule has 0 saturated carbocycles. The fourth-order valence-corrected chi connectivity index (χ4v) is 26.3. The zero-order chi connectivity index (χ0) is 51.6. The third-order valence-corrected chi connectivity index (χ3v) is 26.8. The SMILES string of the molecule is c1ccc(-c2nc(-c3ccc4oc5ccccc5c4c3)nc(N3[Si](c4ccccc4)(c4ccccc4)N(c4nc(-c5ccccc5)nc(-c5ccc6oc7ccccc7c6c5)n4)[Si]3(c3ccccc3)c3ccccc3)n2)cc1. The first-order valence-corrected chi connectivity index (χ1v) is 29.7. The lowest BCUT2D eigenvalue weighted by atomic mass is 10.1. The first-order chi connectivity index (χ1) is 38.6. The number of furan rings is 2. The van der Waals surface area contributed by atoms with E-state index in [0.29, 0.717) is 35.2 Å². The zero-order valence-corrected chi connectivity index (χ0v) is 43.8. The lowest BCUT2D eigenvalue weighted by Gasteiger charge is -2.70. The molecule has 4 aromatic heterocycles. The van der Waals surface area contributed by atoms with Gasteiger partial charge < -0.3 is 17.3 Å². The molecule has 0 unspecified atom stereocenters. The van der Waals surface area contributed by atoms with Crippen molar-refractivity contribution in [3.8, 4) is 45.6 Å². The summed E-state index contributed by atoms with van der Waals surface area (Å²) in [5.74, 6) is 3.26. The minimum absolute atomic E-state index is 0.536. The van der Waals surface area contributed by atoms with Crippen molar-refractivity contribution in [2.24, 2.45) is 0 Å². The molecule has 0 radical (unpaired) electrons. The van der Waals surface area contributed by atoms with Gasteiger partial charge in [0.2, 0.25) is 11.9 Å². The average Bonchev–Trinajstić information content (AvgIpc) is 1.32. The predicted molar refractivity (Wildman–Crippen MR) is 317 cm³/mol. The fourth-order valence-electron chi connectivity index (χ4n) is 11.6. The normalized spacial score (nSPS) is 13.8. The molecule has 0 atom stereocenters. The molecule has 368 valence electrons. The minimum Gasteiger partial charge on any atom is -0.456 e. The van der Waals surface area contributed by atoms with Crippen molar-refractivity contribution in [1.29, 1.82) is 0 Å². The van der Waals surface area contributed by atoms with Gasteiger partial charge in [-0.1, -0.05) is 218 Å². The summed E-state index contributed by atoms with van der Waals surface area (Å²) in [7, 11) is -7.56. The summed E-state index contributed by atoms with van der Waals surface area (Å²) in [6.07, 6.45) is 0. The van der Waals surface area contributed by atoms with E-state index in [1.54, 1.807) is 0 Å². The van der Waals surface area contributed by atoms with Crippen LogP contribution in [0.5, 0.6) is 0 Å². The van der Waals surface area contributed by atoms with Crippen molar-refractivity contribution in [3.05, 3.63) is 267 Å². The predicted octanol–water partition coefficient (Wildman–Crippen LogP) is 12.4. The van der Waals surface area contributed by atoms with Crippen molar-refractivity contribution >= 4 is 93.3 Å². The largest absolute Gasteiger partial charge is 0.456 e. The van der Waals surface area contributed by atoms with Crippen molar-refractivity contribution in [2.75, 3.05) is 8.46 Å². The highest BCUT2D eigenvalue weighted by Crippen LogP contribution is 2.45. The first-order valence-electron chi connectivity index (χ1n) is 25.9. The summed E-state index contributed by atoms with van der Waals surface area (Å²) in [4.78, 5) is 33.7. The Bertz CT molecular complexity index is 4150. The summed E-state index contributed by atoms with van der Waals surface area (Å²) >= 11 is 0. The average molecular weight is 1040 g/mol. The molecule has 0 spiro atoms. The highest BCUT2D eigenvalue weighted by atomic mass is 28.5. The van der Waals surface area contributed by atoms with Gasteiger partial charge in [-0.25, -0.2) is 9.97 Å². The van der Waals surface area contributed by atoms with E-state index in [1.165, 1.54) is 0 Å². The quantitative estimate of drug-likeness (QED) is 0.123. The van der Waals surface area contributed by atoms with E-state index in [-0.39, 0.29) is 0 Å². The number of para-hydroxylation sites is 2. The second-order valence-corrected chi connectivity index (χ2v) is 27.1. The van der Waals surface area contributed by atoms with Gasteiger partial charge in [0.25, 0.3) is 0 Å². The zero-order valence-electron chi connectivity index (χ0n) is 41.8. The summed E-state index contributed by atoms with van der Waals surface area (Å²) in [5, 5.41) is 8.38. The maximum atomic E-state index is 6.36. The highest BCUT2D eigenvalue weighted by molar-refractivity contribution is 7.38. The molecular weight excluding hydrogens is 993 g/mol. The maximum absolute atomic E-state index is 6.36. The van der Waals surface area contributed by atoms with Crippen LogP contribution in [-0.4, -0.2) is 46.7 Å². The molecular formula is C66H44N8O2Si2. The van der Waals surface area contributed by atoms with Crippen molar-refractivity contribution in [1.82, 2.24) is 29.9 Å². The summed E-state index contributed by atoms with van der Waals surface area (Å²) in [6, 6.07) is 92.6. The van der Waals surface area contributed by atoms with Crippen molar-refractivity contribution < 1.29 is 8.83 Å². The van der Waals surface area contributed by atoms with Crippen molar-refractivity contribution in [2.45, 2.75) is 0 Å². The molecule has 14 aromatic rings. The molecule has 0 aliphatic carbocycles. The van der Waals surface area contributed by atoms with E-state index in [1.807, 2.05) is 84.9 Å². The molecule has 0 N–H and O–H groups in total. The highest BCUT2D eigenvalue weighted by Gasteiger charge is 2.77. The van der Waals surface area contributed by atoms with E-state index < -0.39 is 16.8 Å². The molecule has 12 heteroatoms.